The summed E-state index contributed by atoms with van der Waals surface area (Å²) in [4.78, 5) is 49.1. The Morgan fingerprint density at radius 1 is 1.07 bits per heavy atom. The fourth-order valence-corrected chi connectivity index (χ4v) is 5.72. The molecule has 2 aromatic heterocycles. The number of benzene rings is 3. The van der Waals surface area contributed by atoms with E-state index in [1.165, 1.54) is 17.1 Å². The molecule has 1 aliphatic heterocycles. The SMILES string of the molecule is CC(C)(C)OC(=O)c1nc2ccc(NC(=O)[C@@H]3[C@@H](c4ccccc4)CCN3C(=O)/C=C/c3cc(Cl)ccc3-n3cnnn3)cc2[nH]1. The summed E-state index contributed by atoms with van der Waals surface area (Å²) in [5.74, 6) is -1.39. The van der Waals surface area contributed by atoms with Gasteiger partial charge in [-0.25, -0.2) is 9.78 Å². The highest BCUT2D eigenvalue weighted by Crippen LogP contribution is 2.35. The molecule has 6 rings (SSSR count). The van der Waals surface area contributed by atoms with Gasteiger partial charge in [0.1, 0.15) is 18.0 Å². The van der Waals surface area contributed by atoms with Gasteiger partial charge in [0, 0.05) is 34.8 Å². The standard InChI is InChI=1S/C33H31ClN8O4/c1-33(2,3)46-32(45)30-37-25-12-11-23(18-26(25)38-30)36-31(44)29-24(20-7-5-4-6-8-20)15-16-41(29)28(43)14-9-21-17-22(34)10-13-27(21)42-19-35-39-40-42/h4-14,17-19,24,29H,15-16H2,1-3H3,(H,36,44)(H,37,38)/b14-9+/t24-,29+/m1/s1. The number of tetrazole rings is 1. The highest BCUT2D eigenvalue weighted by molar-refractivity contribution is 6.30. The van der Waals surface area contributed by atoms with Crippen LogP contribution in [0.5, 0.6) is 0 Å². The van der Waals surface area contributed by atoms with Crippen LogP contribution >= 0.6 is 11.6 Å². The van der Waals surface area contributed by atoms with Crippen LogP contribution in [0.25, 0.3) is 22.8 Å². The largest absolute Gasteiger partial charge is 0.454 e. The zero-order valence-electron chi connectivity index (χ0n) is 25.3. The number of carbonyl (C=O) groups excluding carboxylic acids is 3. The molecule has 2 N–H and O–H groups in total. The Morgan fingerprint density at radius 3 is 2.61 bits per heavy atom. The molecule has 0 aliphatic carbocycles. The third kappa shape index (κ3) is 6.66. The van der Waals surface area contributed by atoms with Gasteiger partial charge in [-0.2, -0.15) is 4.68 Å². The number of hydrogen-bond acceptors (Lipinski definition) is 8. The summed E-state index contributed by atoms with van der Waals surface area (Å²) < 4.78 is 6.90. The molecule has 13 heteroatoms. The molecule has 0 spiro atoms. The quantitative estimate of drug-likeness (QED) is 0.183. The van der Waals surface area contributed by atoms with Crippen molar-refractivity contribution in [2.75, 3.05) is 11.9 Å². The van der Waals surface area contributed by atoms with E-state index < -0.39 is 17.6 Å². The first-order valence-corrected chi connectivity index (χ1v) is 15.0. The predicted molar refractivity (Wildman–Crippen MR) is 172 cm³/mol. The molecule has 0 radical (unpaired) electrons. The summed E-state index contributed by atoms with van der Waals surface area (Å²) >= 11 is 6.26. The van der Waals surface area contributed by atoms with E-state index in [1.54, 1.807) is 68.1 Å². The van der Waals surface area contributed by atoms with Crippen molar-refractivity contribution in [3.8, 4) is 5.69 Å². The number of aromatic amines is 1. The number of imidazole rings is 1. The van der Waals surface area contributed by atoms with E-state index in [2.05, 4.69) is 30.8 Å². The Bertz CT molecular complexity index is 1930. The zero-order chi connectivity index (χ0) is 32.4. The average molecular weight is 639 g/mol. The summed E-state index contributed by atoms with van der Waals surface area (Å²) in [5, 5.41) is 14.8. The number of amides is 2. The summed E-state index contributed by atoms with van der Waals surface area (Å²) in [6.07, 6.45) is 5.13. The molecule has 0 bridgehead atoms. The second-order valence-electron chi connectivity index (χ2n) is 11.9. The molecule has 46 heavy (non-hydrogen) atoms. The van der Waals surface area contributed by atoms with Crippen LogP contribution in [0.2, 0.25) is 5.02 Å². The fraction of sp³-hybridized carbons (Fsp3) is 0.242. The van der Waals surface area contributed by atoms with Crippen molar-refractivity contribution in [2.45, 2.75) is 44.8 Å². The third-order valence-electron chi connectivity index (χ3n) is 7.51. The van der Waals surface area contributed by atoms with E-state index in [-0.39, 0.29) is 23.6 Å². The number of nitrogens with zero attached hydrogens (tertiary/aromatic N) is 6. The van der Waals surface area contributed by atoms with Crippen molar-refractivity contribution in [1.29, 1.82) is 0 Å². The van der Waals surface area contributed by atoms with E-state index in [4.69, 9.17) is 16.3 Å². The highest BCUT2D eigenvalue weighted by atomic mass is 35.5. The number of H-pyrrole nitrogens is 1. The van der Waals surface area contributed by atoms with Gasteiger partial charge in [-0.1, -0.05) is 41.9 Å². The topological polar surface area (TPSA) is 148 Å². The Balaban J connectivity index is 1.26. The van der Waals surface area contributed by atoms with Gasteiger partial charge in [0.05, 0.1) is 16.7 Å². The van der Waals surface area contributed by atoms with Crippen LogP contribution in [-0.4, -0.2) is 71.0 Å². The molecular weight excluding hydrogens is 608 g/mol. The molecule has 12 nitrogen and oxygen atoms in total. The molecule has 3 heterocycles. The number of halogens is 1. The number of aromatic nitrogens is 6. The Kier molecular flexibility index (Phi) is 8.37. The van der Waals surface area contributed by atoms with Crippen molar-refractivity contribution in [1.82, 2.24) is 35.1 Å². The lowest BCUT2D eigenvalue weighted by atomic mass is 9.91. The molecular formula is C33H31ClN8O4. The minimum atomic E-state index is -0.785. The van der Waals surface area contributed by atoms with Crippen molar-refractivity contribution in [3.63, 3.8) is 0 Å². The van der Waals surface area contributed by atoms with Gasteiger partial charge in [-0.15, -0.1) is 5.10 Å². The smallest absolute Gasteiger partial charge is 0.374 e. The molecule has 1 aliphatic rings. The van der Waals surface area contributed by atoms with E-state index in [0.29, 0.717) is 46.0 Å². The molecule has 2 amide bonds. The first-order chi connectivity index (χ1) is 22.1. The number of ether oxygens (including phenoxy) is 1. The summed E-state index contributed by atoms with van der Waals surface area (Å²) in [5.41, 5.74) is 3.15. The molecule has 2 atom stereocenters. The van der Waals surface area contributed by atoms with E-state index in [0.717, 1.165) is 5.56 Å². The number of anilines is 1. The van der Waals surface area contributed by atoms with Crippen molar-refractivity contribution < 1.29 is 19.1 Å². The lowest BCUT2D eigenvalue weighted by Gasteiger charge is -2.27. The van der Waals surface area contributed by atoms with Crippen LogP contribution in [-0.2, 0) is 14.3 Å². The maximum absolute atomic E-state index is 14.0. The first kappa shape index (κ1) is 30.7. The van der Waals surface area contributed by atoms with Gasteiger partial charge in [-0.05, 0) is 85.7 Å². The fourth-order valence-electron chi connectivity index (χ4n) is 5.54. The van der Waals surface area contributed by atoms with Crippen LogP contribution in [0, 0.1) is 0 Å². The Morgan fingerprint density at radius 2 is 1.87 bits per heavy atom. The minimum absolute atomic E-state index is 0.0693. The molecule has 1 saturated heterocycles. The monoisotopic (exact) mass is 638 g/mol. The van der Waals surface area contributed by atoms with E-state index >= 15 is 0 Å². The number of rotatable bonds is 7. The van der Waals surface area contributed by atoms with Crippen LogP contribution in [0.3, 0.4) is 0 Å². The maximum Gasteiger partial charge on any atom is 0.374 e. The number of nitrogens with one attached hydrogen (secondary N) is 2. The lowest BCUT2D eigenvalue weighted by molar-refractivity contribution is -0.133. The molecule has 0 saturated carbocycles. The summed E-state index contributed by atoms with van der Waals surface area (Å²) in [6, 6.07) is 19.2. The van der Waals surface area contributed by atoms with E-state index in [1.807, 2.05) is 30.3 Å². The van der Waals surface area contributed by atoms with Crippen LogP contribution in [0.4, 0.5) is 5.69 Å². The zero-order valence-corrected chi connectivity index (χ0v) is 26.1. The second kappa shape index (κ2) is 12.6. The number of likely N-dealkylation sites (tertiary alicyclic amines) is 1. The van der Waals surface area contributed by atoms with Gasteiger partial charge < -0.3 is 19.9 Å². The predicted octanol–water partition coefficient (Wildman–Crippen LogP) is 5.18. The van der Waals surface area contributed by atoms with Crippen LogP contribution < -0.4 is 5.32 Å². The second-order valence-corrected chi connectivity index (χ2v) is 12.3. The highest BCUT2D eigenvalue weighted by Gasteiger charge is 2.42. The molecule has 0 unspecified atom stereocenters. The van der Waals surface area contributed by atoms with Crippen molar-refractivity contribution >= 4 is 52.2 Å². The minimum Gasteiger partial charge on any atom is -0.454 e. The first-order valence-electron chi connectivity index (χ1n) is 14.7. The summed E-state index contributed by atoms with van der Waals surface area (Å²) in [6.45, 7) is 5.72. The van der Waals surface area contributed by atoms with Gasteiger partial charge in [0.15, 0.2) is 0 Å². The van der Waals surface area contributed by atoms with Gasteiger partial charge in [0.25, 0.3) is 0 Å². The number of fused-ring (bicyclic) bond motifs is 1. The van der Waals surface area contributed by atoms with Gasteiger partial charge in [-0.3, -0.25) is 9.59 Å². The summed E-state index contributed by atoms with van der Waals surface area (Å²) in [7, 11) is 0. The number of carbonyl (C=O) groups is 3. The number of hydrogen-bond donors (Lipinski definition) is 2. The number of esters is 1. The van der Waals surface area contributed by atoms with Gasteiger partial charge in [0.2, 0.25) is 17.6 Å². The third-order valence-corrected chi connectivity index (χ3v) is 7.74. The molecule has 1 fully saturated rings. The molecule has 5 aromatic rings. The van der Waals surface area contributed by atoms with Crippen molar-refractivity contribution in [3.05, 3.63) is 101 Å². The Hall–Kier alpha value is -5.36. The normalized spacial score (nSPS) is 16.7. The average Bonchev–Trinajstić information content (AvgIpc) is 3.79. The van der Waals surface area contributed by atoms with Gasteiger partial charge >= 0.3 is 5.97 Å². The van der Waals surface area contributed by atoms with Crippen LogP contribution in [0.1, 0.15) is 54.9 Å². The van der Waals surface area contributed by atoms with Crippen molar-refractivity contribution in [2.24, 2.45) is 0 Å². The molecule has 3 aromatic carbocycles. The maximum atomic E-state index is 14.0. The van der Waals surface area contributed by atoms with Crippen LogP contribution in [0.15, 0.2) is 79.1 Å². The Labute approximate surface area is 269 Å². The molecule has 234 valence electrons. The van der Waals surface area contributed by atoms with E-state index in [9.17, 15) is 14.4 Å². The lowest BCUT2D eigenvalue weighted by Crippen LogP contribution is -2.44.